The Hall–Kier alpha value is -0.650. The van der Waals surface area contributed by atoms with Gasteiger partial charge in [-0.15, -0.1) is 11.3 Å². The summed E-state index contributed by atoms with van der Waals surface area (Å²) in [6.45, 7) is 1.95. The van der Waals surface area contributed by atoms with Crippen molar-refractivity contribution in [3.8, 4) is 0 Å². The lowest BCUT2D eigenvalue weighted by Gasteiger charge is -2.09. The van der Waals surface area contributed by atoms with Crippen LogP contribution < -0.4 is 0 Å². The van der Waals surface area contributed by atoms with Gasteiger partial charge in [-0.1, -0.05) is 6.07 Å². The Balaban J connectivity index is 2.21. The maximum atomic E-state index is 10.1. The number of aliphatic hydroxyl groups excluding tert-OH is 1. The molecular weight excluding hydrogens is 288 g/mol. The summed E-state index contributed by atoms with van der Waals surface area (Å²) in [5.74, 6) is 0. The predicted molar refractivity (Wildman–Crippen MR) is 68.6 cm³/mol. The van der Waals surface area contributed by atoms with Crippen LogP contribution in [0.2, 0.25) is 0 Å². The second-order valence-electron chi connectivity index (χ2n) is 3.71. The number of hydrogen-bond donors (Lipinski definition) is 1. The molecule has 2 aromatic heterocycles. The molecule has 5 heteroatoms. The van der Waals surface area contributed by atoms with Crippen LogP contribution in [0.3, 0.4) is 0 Å². The largest absolute Gasteiger partial charge is 0.387 e. The van der Waals surface area contributed by atoms with Gasteiger partial charge in [0, 0.05) is 18.3 Å². The van der Waals surface area contributed by atoms with Crippen LogP contribution in [0.15, 0.2) is 22.0 Å². The Labute approximate surface area is 107 Å². The highest BCUT2D eigenvalue weighted by molar-refractivity contribution is 9.10. The SMILES string of the molecule is Cc1nn(C)c(CC(O)c2cccs2)c1Br. The molecule has 0 amide bonds. The summed E-state index contributed by atoms with van der Waals surface area (Å²) in [6.07, 6.45) is 0.129. The number of aliphatic hydroxyl groups is 1. The van der Waals surface area contributed by atoms with Crippen LogP contribution in [0.4, 0.5) is 0 Å². The van der Waals surface area contributed by atoms with Crippen molar-refractivity contribution in [2.75, 3.05) is 0 Å². The Kier molecular flexibility index (Phi) is 3.47. The fraction of sp³-hybridized carbons (Fsp3) is 0.364. The topological polar surface area (TPSA) is 38.0 Å². The molecule has 16 heavy (non-hydrogen) atoms. The fourth-order valence-electron chi connectivity index (χ4n) is 1.67. The first-order chi connectivity index (χ1) is 7.59. The van der Waals surface area contributed by atoms with E-state index in [0.29, 0.717) is 6.42 Å². The van der Waals surface area contributed by atoms with E-state index in [1.807, 2.05) is 36.2 Å². The number of aromatic nitrogens is 2. The molecule has 0 spiro atoms. The monoisotopic (exact) mass is 300 g/mol. The molecule has 0 aliphatic carbocycles. The summed E-state index contributed by atoms with van der Waals surface area (Å²) in [5, 5.41) is 16.4. The van der Waals surface area contributed by atoms with Gasteiger partial charge in [0.25, 0.3) is 0 Å². The average Bonchev–Trinajstić information content (AvgIpc) is 2.83. The highest BCUT2D eigenvalue weighted by Gasteiger charge is 2.16. The van der Waals surface area contributed by atoms with Gasteiger partial charge in [0.1, 0.15) is 0 Å². The minimum Gasteiger partial charge on any atom is -0.387 e. The maximum Gasteiger partial charge on any atom is 0.0937 e. The standard InChI is InChI=1S/C11H13BrN2OS/c1-7-11(12)8(14(2)13-7)6-9(15)10-4-3-5-16-10/h3-5,9,15H,6H2,1-2H3. The van der Waals surface area contributed by atoms with Crippen LogP contribution >= 0.6 is 27.3 Å². The number of rotatable bonds is 3. The van der Waals surface area contributed by atoms with Crippen LogP contribution in [-0.4, -0.2) is 14.9 Å². The highest BCUT2D eigenvalue weighted by atomic mass is 79.9. The van der Waals surface area contributed by atoms with E-state index in [1.54, 1.807) is 11.3 Å². The molecule has 0 aromatic carbocycles. The smallest absolute Gasteiger partial charge is 0.0937 e. The zero-order valence-corrected chi connectivity index (χ0v) is 11.5. The zero-order valence-electron chi connectivity index (χ0n) is 9.14. The summed E-state index contributed by atoms with van der Waals surface area (Å²) >= 11 is 5.08. The summed E-state index contributed by atoms with van der Waals surface area (Å²) in [6, 6.07) is 3.90. The van der Waals surface area contributed by atoms with E-state index in [-0.39, 0.29) is 0 Å². The molecule has 0 radical (unpaired) electrons. The van der Waals surface area contributed by atoms with E-state index < -0.39 is 6.10 Å². The van der Waals surface area contributed by atoms with Crippen molar-refractivity contribution in [1.29, 1.82) is 0 Å². The molecular formula is C11H13BrN2OS. The number of aryl methyl sites for hydroxylation is 2. The van der Waals surface area contributed by atoms with Gasteiger partial charge in [0.15, 0.2) is 0 Å². The quantitative estimate of drug-likeness (QED) is 0.946. The van der Waals surface area contributed by atoms with Gasteiger partial charge in [-0.05, 0) is 34.3 Å². The van der Waals surface area contributed by atoms with Crippen molar-refractivity contribution in [2.24, 2.45) is 7.05 Å². The van der Waals surface area contributed by atoms with Crippen molar-refractivity contribution < 1.29 is 5.11 Å². The van der Waals surface area contributed by atoms with Crippen LogP contribution in [0.25, 0.3) is 0 Å². The number of hydrogen-bond acceptors (Lipinski definition) is 3. The van der Waals surface area contributed by atoms with Gasteiger partial charge in [-0.2, -0.15) is 5.10 Å². The number of halogens is 1. The summed E-state index contributed by atoms with van der Waals surface area (Å²) in [5.41, 5.74) is 1.98. The molecule has 3 nitrogen and oxygen atoms in total. The lowest BCUT2D eigenvalue weighted by molar-refractivity contribution is 0.179. The van der Waals surface area contributed by atoms with Crippen molar-refractivity contribution in [3.63, 3.8) is 0 Å². The molecule has 1 N–H and O–H groups in total. The van der Waals surface area contributed by atoms with Gasteiger partial charge in [-0.25, -0.2) is 0 Å². The minimum atomic E-state index is -0.453. The molecule has 2 aromatic rings. The average molecular weight is 301 g/mol. The second kappa shape index (κ2) is 4.69. The molecule has 0 fully saturated rings. The molecule has 0 bridgehead atoms. The molecule has 0 saturated heterocycles. The molecule has 0 saturated carbocycles. The summed E-state index contributed by atoms with van der Waals surface area (Å²) in [7, 11) is 1.90. The fourth-order valence-corrected chi connectivity index (χ4v) is 2.88. The van der Waals surface area contributed by atoms with Crippen molar-refractivity contribution in [2.45, 2.75) is 19.4 Å². The van der Waals surface area contributed by atoms with Gasteiger partial charge < -0.3 is 5.11 Å². The molecule has 1 unspecified atom stereocenters. The van der Waals surface area contributed by atoms with Crippen LogP contribution in [0, 0.1) is 6.92 Å². The van der Waals surface area contributed by atoms with E-state index in [2.05, 4.69) is 21.0 Å². The lowest BCUT2D eigenvalue weighted by Crippen LogP contribution is -2.05. The third kappa shape index (κ3) is 2.21. The van der Waals surface area contributed by atoms with E-state index in [9.17, 15) is 5.11 Å². The van der Waals surface area contributed by atoms with Gasteiger partial charge in [0.2, 0.25) is 0 Å². The first-order valence-electron chi connectivity index (χ1n) is 4.99. The van der Waals surface area contributed by atoms with Crippen molar-refractivity contribution >= 4 is 27.3 Å². The molecule has 2 heterocycles. The molecule has 86 valence electrons. The van der Waals surface area contributed by atoms with E-state index in [4.69, 9.17) is 0 Å². The molecule has 0 aliphatic heterocycles. The second-order valence-corrected chi connectivity index (χ2v) is 5.48. The van der Waals surface area contributed by atoms with E-state index in [0.717, 1.165) is 20.7 Å². The van der Waals surface area contributed by atoms with Crippen molar-refractivity contribution in [1.82, 2.24) is 9.78 Å². The Morgan fingerprint density at radius 2 is 2.38 bits per heavy atom. The van der Waals surface area contributed by atoms with Gasteiger partial charge in [-0.3, -0.25) is 4.68 Å². The van der Waals surface area contributed by atoms with Gasteiger partial charge >= 0.3 is 0 Å². The van der Waals surface area contributed by atoms with Crippen molar-refractivity contribution in [3.05, 3.63) is 38.3 Å². The predicted octanol–water partition coefficient (Wildman–Crippen LogP) is 2.83. The number of thiophene rings is 1. The summed E-state index contributed by atoms with van der Waals surface area (Å²) < 4.78 is 2.81. The Morgan fingerprint density at radius 3 is 2.88 bits per heavy atom. The van der Waals surface area contributed by atoms with Gasteiger partial charge in [0.05, 0.1) is 22.0 Å². The van der Waals surface area contributed by atoms with E-state index in [1.165, 1.54) is 0 Å². The first kappa shape index (κ1) is 11.8. The molecule has 1 atom stereocenters. The number of nitrogens with zero attached hydrogens (tertiary/aromatic N) is 2. The highest BCUT2D eigenvalue weighted by Crippen LogP contribution is 2.27. The maximum absolute atomic E-state index is 10.1. The Bertz CT molecular complexity index is 478. The third-order valence-electron chi connectivity index (χ3n) is 2.52. The molecule has 2 rings (SSSR count). The first-order valence-corrected chi connectivity index (χ1v) is 6.66. The zero-order chi connectivity index (χ0) is 11.7. The normalized spacial score (nSPS) is 13.0. The Morgan fingerprint density at radius 1 is 1.62 bits per heavy atom. The van der Waals surface area contributed by atoms with Crippen LogP contribution in [0.5, 0.6) is 0 Å². The van der Waals surface area contributed by atoms with Crippen LogP contribution in [0.1, 0.15) is 22.4 Å². The third-order valence-corrected chi connectivity index (χ3v) is 4.52. The lowest BCUT2D eigenvalue weighted by atomic mass is 10.1. The van der Waals surface area contributed by atoms with E-state index >= 15 is 0 Å². The summed E-state index contributed by atoms with van der Waals surface area (Å²) in [4.78, 5) is 0.991. The minimum absolute atomic E-state index is 0.453. The van der Waals surface area contributed by atoms with Crippen LogP contribution in [-0.2, 0) is 13.5 Å². The molecule has 0 aliphatic rings.